The number of morpholine rings is 1. The third kappa shape index (κ3) is 5.28. The van der Waals surface area contributed by atoms with Gasteiger partial charge in [-0.05, 0) is 36.6 Å². The predicted molar refractivity (Wildman–Crippen MR) is 108 cm³/mol. The van der Waals surface area contributed by atoms with Gasteiger partial charge < -0.3 is 14.4 Å². The summed E-state index contributed by atoms with van der Waals surface area (Å²) in [5, 5.41) is 3.31. The fraction of sp³-hybridized carbons (Fsp3) is 0.429. The molecule has 2 fully saturated rings. The molecule has 1 unspecified atom stereocenters. The van der Waals surface area contributed by atoms with E-state index in [4.69, 9.17) is 9.47 Å². The number of nitrogens with zero attached hydrogens (tertiary/aromatic N) is 2. The maximum atomic E-state index is 14.6. The summed E-state index contributed by atoms with van der Waals surface area (Å²) in [7, 11) is 0. The second kappa shape index (κ2) is 9.42. The van der Waals surface area contributed by atoms with Gasteiger partial charge >= 0.3 is 0 Å². The Balaban J connectivity index is 0.00000272. The molecule has 4 rings (SSSR count). The molecule has 1 atom stereocenters. The lowest BCUT2D eigenvalue weighted by Gasteiger charge is -2.35. The van der Waals surface area contributed by atoms with E-state index in [0.717, 1.165) is 6.07 Å². The number of amides is 1. The average Bonchev–Trinajstić information content (AvgIpc) is 3.47. The fourth-order valence-corrected chi connectivity index (χ4v) is 3.70. The molecule has 1 aliphatic heterocycles. The molecule has 2 aromatic rings. The molecule has 2 heterocycles. The van der Waals surface area contributed by atoms with E-state index in [9.17, 15) is 18.0 Å². The van der Waals surface area contributed by atoms with Gasteiger partial charge in [0, 0.05) is 36.8 Å². The highest BCUT2D eigenvalue weighted by Crippen LogP contribution is 2.50. The summed E-state index contributed by atoms with van der Waals surface area (Å²) in [5.41, 5.74) is 0.104. The van der Waals surface area contributed by atoms with Gasteiger partial charge in [0.25, 0.3) is 0 Å². The van der Waals surface area contributed by atoms with Crippen LogP contribution in [0.25, 0.3) is 0 Å². The summed E-state index contributed by atoms with van der Waals surface area (Å²) >= 11 is 0. The number of rotatable bonds is 6. The molecule has 1 aliphatic carbocycles. The summed E-state index contributed by atoms with van der Waals surface area (Å²) in [6.45, 7) is 2.63. The van der Waals surface area contributed by atoms with Crippen molar-refractivity contribution in [3.63, 3.8) is 0 Å². The van der Waals surface area contributed by atoms with Crippen molar-refractivity contribution in [2.24, 2.45) is 0 Å². The number of halogens is 4. The lowest BCUT2D eigenvalue weighted by Crippen LogP contribution is -2.53. The quantitative estimate of drug-likeness (QED) is 0.674. The first-order valence-corrected chi connectivity index (χ1v) is 9.74. The van der Waals surface area contributed by atoms with Crippen molar-refractivity contribution in [2.75, 3.05) is 19.7 Å². The Morgan fingerprint density at radius 1 is 1.32 bits per heavy atom. The van der Waals surface area contributed by atoms with Gasteiger partial charge in [-0.1, -0.05) is 0 Å². The van der Waals surface area contributed by atoms with E-state index in [2.05, 4.69) is 10.3 Å². The Bertz CT molecular complexity index is 959. The van der Waals surface area contributed by atoms with Crippen LogP contribution in [0.3, 0.4) is 0 Å². The van der Waals surface area contributed by atoms with E-state index in [1.807, 2.05) is 0 Å². The zero-order valence-electron chi connectivity index (χ0n) is 16.9. The number of benzene rings is 1. The summed E-state index contributed by atoms with van der Waals surface area (Å²) in [6.07, 6.45) is 2.10. The maximum Gasteiger partial charge on any atom is 0.219 e. The summed E-state index contributed by atoms with van der Waals surface area (Å²) in [6, 6.07) is 4.76. The Labute approximate surface area is 184 Å². The molecule has 10 heteroatoms. The molecule has 2 aliphatic rings. The molecule has 1 aromatic heterocycles. The number of carbonyl (C=O) groups is 1. The van der Waals surface area contributed by atoms with Crippen molar-refractivity contribution in [3.8, 4) is 5.75 Å². The van der Waals surface area contributed by atoms with Crippen molar-refractivity contribution in [1.29, 1.82) is 0 Å². The summed E-state index contributed by atoms with van der Waals surface area (Å²) in [4.78, 5) is 16.8. The van der Waals surface area contributed by atoms with Gasteiger partial charge in [0.05, 0.1) is 13.2 Å². The molecule has 31 heavy (non-hydrogen) atoms. The highest BCUT2D eigenvalue weighted by molar-refractivity contribution is 5.85. The molecule has 0 spiro atoms. The zero-order chi connectivity index (χ0) is 21.3. The Kier molecular flexibility index (Phi) is 7.08. The van der Waals surface area contributed by atoms with Crippen LogP contribution in [0.5, 0.6) is 5.75 Å². The van der Waals surface area contributed by atoms with Crippen molar-refractivity contribution < 1.29 is 27.4 Å². The van der Waals surface area contributed by atoms with Crippen LogP contribution < -0.4 is 10.1 Å². The third-order valence-electron chi connectivity index (χ3n) is 5.40. The topological polar surface area (TPSA) is 63.7 Å². The monoisotopic (exact) mass is 457 g/mol. The van der Waals surface area contributed by atoms with E-state index >= 15 is 0 Å². The van der Waals surface area contributed by atoms with Crippen LogP contribution in [0.1, 0.15) is 30.9 Å². The van der Waals surface area contributed by atoms with Crippen LogP contribution in [0.4, 0.5) is 13.2 Å². The minimum absolute atomic E-state index is 0. The van der Waals surface area contributed by atoms with Crippen LogP contribution in [-0.2, 0) is 21.7 Å². The smallest absolute Gasteiger partial charge is 0.219 e. The lowest BCUT2D eigenvalue weighted by molar-refractivity contribution is -0.138. The third-order valence-corrected chi connectivity index (χ3v) is 5.40. The molecule has 1 N–H and O–H groups in total. The molecule has 168 valence electrons. The Morgan fingerprint density at radius 2 is 2.10 bits per heavy atom. The lowest BCUT2D eigenvalue weighted by atomic mass is 10.0. The molecule has 6 nitrogen and oxygen atoms in total. The highest BCUT2D eigenvalue weighted by atomic mass is 35.5. The number of pyridine rings is 1. The van der Waals surface area contributed by atoms with Crippen LogP contribution in [0.15, 0.2) is 30.5 Å². The van der Waals surface area contributed by atoms with Crippen molar-refractivity contribution in [1.82, 2.24) is 15.2 Å². The maximum absolute atomic E-state index is 14.6. The summed E-state index contributed by atoms with van der Waals surface area (Å²) < 4.78 is 53.4. The van der Waals surface area contributed by atoms with Gasteiger partial charge in [-0.25, -0.2) is 13.8 Å². The van der Waals surface area contributed by atoms with Crippen LogP contribution >= 0.6 is 12.4 Å². The van der Waals surface area contributed by atoms with E-state index in [-0.39, 0.29) is 30.7 Å². The second-order valence-corrected chi connectivity index (χ2v) is 7.59. The Morgan fingerprint density at radius 3 is 2.77 bits per heavy atom. The number of ether oxygens (including phenoxy) is 2. The molecule has 1 amide bonds. The SMILES string of the molecule is CC(=O)N1CCOC(NC2(c3cc(F)cc(F)c3OCc3ccnc(F)c3)CC2)C1.Cl. The number of carbonyl (C=O) groups excluding carboxylic acids is 1. The van der Waals surface area contributed by atoms with Crippen LogP contribution in [-0.4, -0.2) is 41.7 Å². The van der Waals surface area contributed by atoms with Gasteiger partial charge in [0.2, 0.25) is 11.9 Å². The minimum Gasteiger partial charge on any atom is -0.485 e. The van der Waals surface area contributed by atoms with Crippen molar-refractivity contribution in [2.45, 2.75) is 38.1 Å². The highest BCUT2D eigenvalue weighted by Gasteiger charge is 2.49. The van der Waals surface area contributed by atoms with E-state index in [1.54, 1.807) is 11.0 Å². The van der Waals surface area contributed by atoms with E-state index < -0.39 is 29.3 Å². The first-order valence-electron chi connectivity index (χ1n) is 9.74. The first-order chi connectivity index (χ1) is 14.4. The second-order valence-electron chi connectivity index (χ2n) is 7.59. The van der Waals surface area contributed by atoms with Gasteiger partial charge in [-0.15, -0.1) is 12.4 Å². The predicted octanol–water partition coefficient (Wildman–Crippen LogP) is 3.28. The molecule has 1 aromatic carbocycles. The van der Waals surface area contributed by atoms with Crippen LogP contribution in [0, 0.1) is 17.6 Å². The number of nitrogens with one attached hydrogen (secondary N) is 1. The molecular weight excluding hydrogens is 435 g/mol. The minimum atomic E-state index is -0.831. The van der Waals surface area contributed by atoms with Crippen molar-refractivity contribution >= 4 is 18.3 Å². The van der Waals surface area contributed by atoms with Gasteiger partial charge in [0.1, 0.15) is 18.7 Å². The Hall–Kier alpha value is -2.36. The number of hydrogen-bond donors (Lipinski definition) is 1. The average molecular weight is 458 g/mol. The molecule has 0 bridgehead atoms. The molecule has 0 radical (unpaired) electrons. The standard InChI is InChI=1S/C21H22F3N3O3.ClH/c1-13(28)27-6-7-29-19(11-27)26-21(3-4-21)16-9-15(22)10-17(23)20(16)30-12-14-2-5-25-18(24)8-14;/h2,5,8-10,19,26H,3-4,6-7,11-12H2,1H3;1H. The molecule has 1 saturated carbocycles. The fourth-order valence-electron chi connectivity index (χ4n) is 3.70. The molecular formula is C21H23ClF3N3O3. The van der Waals surface area contributed by atoms with Gasteiger partial charge in [-0.2, -0.15) is 4.39 Å². The largest absolute Gasteiger partial charge is 0.485 e. The summed E-state index contributed by atoms with van der Waals surface area (Å²) in [5.74, 6) is -2.35. The van der Waals surface area contributed by atoms with Crippen LogP contribution in [0.2, 0.25) is 0 Å². The van der Waals surface area contributed by atoms with E-state index in [0.29, 0.717) is 43.7 Å². The normalized spacial score (nSPS) is 19.5. The van der Waals surface area contributed by atoms with Gasteiger partial charge in [0.15, 0.2) is 11.6 Å². The molecule has 1 saturated heterocycles. The van der Waals surface area contributed by atoms with Gasteiger partial charge in [-0.3, -0.25) is 10.1 Å². The number of hydrogen-bond acceptors (Lipinski definition) is 5. The van der Waals surface area contributed by atoms with E-state index in [1.165, 1.54) is 25.3 Å². The first kappa shape index (κ1) is 23.3. The zero-order valence-corrected chi connectivity index (χ0v) is 17.7. The number of aromatic nitrogens is 1. The van der Waals surface area contributed by atoms with Crippen molar-refractivity contribution in [3.05, 3.63) is 59.2 Å².